The summed E-state index contributed by atoms with van der Waals surface area (Å²) in [5, 5.41) is 0. The molecule has 0 heterocycles. The second kappa shape index (κ2) is 5.98. The van der Waals surface area contributed by atoms with Gasteiger partial charge in [-0.05, 0) is 11.1 Å². The molecule has 1 rings (SSSR count). The summed E-state index contributed by atoms with van der Waals surface area (Å²) in [6.07, 6.45) is 3.95. The van der Waals surface area contributed by atoms with Crippen molar-refractivity contribution in [3.8, 4) is 0 Å². The molecule has 0 saturated carbocycles. The van der Waals surface area contributed by atoms with Crippen LogP contribution < -0.4 is 5.73 Å². The Hall–Kier alpha value is -1.61. The molecule has 0 aromatic heterocycles. The Bertz CT molecular complexity index is 358. The summed E-state index contributed by atoms with van der Waals surface area (Å²) in [6.45, 7) is 0.499. The Labute approximate surface area is 89.5 Å². The maximum absolute atomic E-state index is 10.9. The first-order valence-electron chi connectivity index (χ1n) is 4.79. The Morgan fingerprint density at radius 3 is 2.87 bits per heavy atom. The predicted molar refractivity (Wildman–Crippen MR) is 60.0 cm³/mol. The van der Waals surface area contributed by atoms with Gasteiger partial charge in [0.05, 0.1) is 13.5 Å². The summed E-state index contributed by atoms with van der Waals surface area (Å²) in [5.41, 5.74) is 7.70. The molecule has 0 unspecified atom stereocenters. The number of carbonyl (C=O) groups excluding carboxylic acids is 1. The van der Waals surface area contributed by atoms with Gasteiger partial charge in [0.2, 0.25) is 0 Å². The van der Waals surface area contributed by atoms with E-state index >= 15 is 0 Å². The van der Waals surface area contributed by atoms with Gasteiger partial charge >= 0.3 is 5.97 Å². The summed E-state index contributed by atoms with van der Waals surface area (Å²) in [5.74, 6) is -0.239. The first-order valence-corrected chi connectivity index (χ1v) is 4.79. The molecular formula is C12H15NO2. The van der Waals surface area contributed by atoms with Crippen molar-refractivity contribution < 1.29 is 9.53 Å². The smallest absolute Gasteiger partial charge is 0.309 e. The molecule has 0 bridgehead atoms. The second-order valence-electron chi connectivity index (χ2n) is 3.09. The molecule has 15 heavy (non-hydrogen) atoms. The number of hydrogen-bond acceptors (Lipinski definition) is 3. The zero-order valence-corrected chi connectivity index (χ0v) is 8.77. The average molecular weight is 205 g/mol. The van der Waals surface area contributed by atoms with Crippen LogP contribution in [0.5, 0.6) is 0 Å². The van der Waals surface area contributed by atoms with Crippen molar-refractivity contribution in [3.05, 3.63) is 41.5 Å². The van der Waals surface area contributed by atoms with E-state index in [1.165, 1.54) is 7.11 Å². The summed E-state index contributed by atoms with van der Waals surface area (Å²) in [6, 6.07) is 7.82. The fraction of sp³-hybridized carbons (Fsp3) is 0.250. The molecule has 80 valence electrons. The van der Waals surface area contributed by atoms with E-state index < -0.39 is 0 Å². The van der Waals surface area contributed by atoms with Gasteiger partial charge in [0.15, 0.2) is 0 Å². The van der Waals surface area contributed by atoms with E-state index in [0.717, 1.165) is 11.1 Å². The quantitative estimate of drug-likeness (QED) is 0.761. The zero-order valence-electron chi connectivity index (χ0n) is 8.77. The van der Waals surface area contributed by atoms with Crippen molar-refractivity contribution in [2.45, 2.75) is 13.0 Å². The Morgan fingerprint density at radius 1 is 1.47 bits per heavy atom. The summed E-state index contributed by atoms with van der Waals surface area (Å²) < 4.78 is 4.53. The minimum absolute atomic E-state index is 0.239. The fourth-order valence-corrected chi connectivity index (χ4v) is 1.25. The molecular weight excluding hydrogens is 190 g/mol. The number of benzene rings is 1. The van der Waals surface area contributed by atoms with Crippen LogP contribution in [0.3, 0.4) is 0 Å². The maximum Gasteiger partial charge on any atom is 0.309 e. The molecule has 0 aliphatic rings. The summed E-state index contributed by atoms with van der Waals surface area (Å²) >= 11 is 0. The number of esters is 1. The predicted octanol–water partition coefficient (Wildman–Crippen LogP) is 1.72. The molecule has 0 amide bonds. The van der Waals surface area contributed by atoms with Crippen LogP contribution in [0.4, 0.5) is 0 Å². The van der Waals surface area contributed by atoms with Crippen molar-refractivity contribution in [2.75, 3.05) is 7.11 Å². The third-order valence-corrected chi connectivity index (χ3v) is 2.08. The molecule has 3 nitrogen and oxygen atoms in total. The van der Waals surface area contributed by atoms with Crippen LogP contribution in [0.15, 0.2) is 30.3 Å². The van der Waals surface area contributed by atoms with Gasteiger partial charge in [-0.25, -0.2) is 0 Å². The number of hydrogen-bond donors (Lipinski definition) is 1. The van der Waals surface area contributed by atoms with Crippen molar-refractivity contribution in [3.63, 3.8) is 0 Å². The van der Waals surface area contributed by atoms with Crippen molar-refractivity contribution in [2.24, 2.45) is 5.73 Å². The van der Waals surface area contributed by atoms with Gasteiger partial charge in [-0.15, -0.1) is 0 Å². The highest BCUT2D eigenvalue weighted by molar-refractivity contribution is 5.72. The molecule has 0 fully saturated rings. The van der Waals surface area contributed by atoms with Crippen molar-refractivity contribution >= 4 is 12.0 Å². The summed E-state index contributed by atoms with van der Waals surface area (Å²) in [7, 11) is 1.38. The number of ether oxygens (including phenoxy) is 1. The number of nitrogens with two attached hydrogens (primary N) is 1. The van der Waals surface area contributed by atoms with Crippen LogP contribution in [-0.2, 0) is 16.1 Å². The van der Waals surface area contributed by atoms with E-state index in [2.05, 4.69) is 4.74 Å². The summed E-state index contributed by atoms with van der Waals surface area (Å²) in [4.78, 5) is 10.9. The minimum atomic E-state index is -0.239. The molecule has 0 spiro atoms. The molecule has 1 aromatic carbocycles. The maximum atomic E-state index is 10.9. The van der Waals surface area contributed by atoms with Gasteiger partial charge in [0, 0.05) is 6.54 Å². The van der Waals surface area contributed by atoms with Crippen LogP contribution in [0.25, 0.3) is 6.08 Å². The second-order valence-corrected chi connectivity index (χ2v) is 3.09. The monoisotopic (exact) mass is 205 g/mol. The molecule has 0 aliphatic carbocycles. The first-order chi connectivity index (χ1) is 7.27. The van der Waals surface area contributed by atoms with Gasteiger partial charge in [-0.3, -0.25) is 4.79 Å². The highest BCUT2D eigenvalue weighted by atomic mass is 16.5. The third-order valence-electron chi connectivity index (χ3n) is 2.08. The highest BCUT2D eigenvalue weighted by Gasteiger charge is 1.97. The third kappa shape index (κ3) is 3.56. The number of carbonyl (C=O) groups is 1. The van der Waals surface area contributed by atoms with E-state index in [9.17, 15) is 4.79 Å². The highest BCUT2D eigenvalue weighted by Crippen LogP contribution is 2.10. The van der Waals surface area contributed by atoms with E-state index in [1.54, 1.807) is 6.08 Å². The van der Waals surface area contributed by atoms with Crippen LogP contribution >= 0.6 is 0 Å². The first kappa shape index (κ1) is 11.5. The Balaban J connectivity index is 2.67. The van der Waals surface area contributed by atoms with Gasteiger partial charge < -0.3 is 10.5 Å². The van der Waals surface area contributed by atoms with E-state index in [4.69, 9.17) is 5.73 Å². The lowest BCUT2D eigenvalue weighted by atomic mass is 10.1. The molecule has 0 radical (unpaired) electrons. The minimum Gasteiger partial charge on any atom is -0.469 e. The van der Waals surface area contributed by atoms with E-state index in [0.29, 0.717) is 6.54 Å². The fourth-order valence-electron chi connectivity index (χ4n) is 1.25. The number of rotatable bonds is 4. The standard InChI is InChI=1S/C12H15NO2/c1-15-12(14)8-4-7-10-5-2-3-6-11(10)9-13/h2-7H,8-9,13H2,1H3. The molecule has 2 N–H and O–H groups in total. The van der Waals surface area contributed by atoms with Crippen LogP contribution in [-0.4, -0.2) is 13.1 Å². The van der Waals surface area contributed by atoms with Gasteiger partial charge in [-0.2, -0.15) is 0 Å². The van der Waals surface area contributed by atoms with Gasteiger partial charge in [0.25, 0.3) is 0 Å². The average Bonchev–Trinajstić information content (AvgIpc) is 2.29. The number of methoxy groups -OCH3 is 1. The van der Waals surface area contributed by atoms with E-state index in [1.807, 2.05) is 30.3 Å². The van der Waals surface area contributed by atoms with Crippen molar-refractivity contribution in [1.29, 1.82) is 0 Å². The Kier molecular flexibility index (Phi) is 4.57. The van der Waals surface area contributed by atoms with Crippen LogP contribution in [0.1, 0.15) is 17.5 Å². The molecule has 0 aliphatic heterocycles. The zero-order chi connectivity index (χ0) is 11.1. The van der Waals surface area contributed by atoms with Crippen LogP contribution in [0, 0.1) is 0 Å². The molecule has 0 saturated heterocycles. The van der Waals surface area contributed by atoms with Gasteiger partial charge in [-0.1, -0.05) is 36.4 Å². The molecule has 3 heteroatoms. The topological polar surface area (TPSA) is 52.3 Å². The van der Waals surface area contributed by atoms with Crippen LogP contribution in [0.2, 0.25) is 0 Å². The van der Waals surface area contributed by atoms with Crippen molar-refractivity contribution in [1.82, 2.24) is 0 Å². The lowest BCUT2D eigenvalue weighted by Gasteiger charge is -2.01. The molecule has 0 atom stereocenters. The molecule has 1 aromatic rings. The van der Waals surface area contributed by atoms with Gasteiger partial charge in [0.1, 0.15) is 0 Å². The lowest BCUT2D eigenvalue weighted by Crippen LogP contribution is -1.99. The largest absolute Gasteiger partial charge is 0.469 e. The Morgan fingerprint density at radius 2 is 2.20 bits per heavy atom. The lowest BCUT2D eigenvalue weighted by molar-refractivity contribution is -0.139. The van der Waals surface area contributed by atoms with E-state index in [-0.39, 0.29) is 12.4 Å². The normalized spacial score (nSPS) is 10.5. The SMILES string of the molecule is COC(=O)CC=Cc1ccccc1CN.